The predicted molar refractivity (Wildman–Crippen MR) is 67.3 cm³/mol. The summed E-state index contributed by atoms with van der Waals surface area (Å²) in [4.78, 5) is 14.3. The van der Waals surface area contributed by atoms with Crippen molar-refractivity contribution in [3.05, 3.63) is 0 Å². The molecule has 1 saturated heterocycles. The highest BCUT2D eigenvalue weighted by molar-refractivity contribution is 5.78. The van der Waals surface area contributed by atoms with Gasteiger partial charge in [-0.15, -0.1) is 0 Å². The molecule has 0 aliphatic carbocycles. The van der Waals surface area contributed by atoms with Crippen LogP contribution < -0.4 is 5.32 Å². The van der Waals surface area contributed by atoms with E-state index in [9.17, 15) is 4.79 Å². The van der Waals surface area contributed by atoms with Crippen LogP contribution in [0.1, 0.15) is 48.0 Å². The van der Waals surface area contributed by atoms with Crippen LogP contribution in [0.2, 0.25) is 0 Å². The molecule has 1 rings (SSSR count). The smallest absolute Gasteiger partial charge is 0.224 e. The van der Waals surface area contributed by atoms with Crippen molar-refractivity contribution in [2.75, 3.05) is 13.1 Å². The van der Waals surface area contributed by atoms with E-state index in [4.69, 9.17) is 0 Å². The van der Waals surface area contributed by atoms with Crippen molar-refractivity contribution >= 4 is 5.91 Å². The van der Waals surface area contributed by atoms with Crippen molar-refractivity contribution in [2.24, 2.45) is 5.92 Å². The molecule has 1 aliphatic heterocycles. The Morgan fingerprint density at radius 3 is 2.38 bits per heavy atom. The van der Waals surface area contributed by atoms with Gasteiger partial charge in [-0.25, -0.2) is 0 Å². The minimum absolute atomic E-state index is 0.0833. The summed E-state index contributed by atoms with van der Waals surface area (Å²) < 4.78 is 0. The maximum Gasteiger partial charge on any atom is 0.224 e. The molecule has 1 aliphatic rings. The van der Waals surface area contributed by atoms with Crippen molar-refractivity contribution in [2.45, 2.75) is 59.0 Å². The van der Waals surface area contributed by atoms with Crippen LogP contribution in [0.5, 0.6) is 0 Å². The lowest BCUT2D eigenvalue weighted by atomic mass is 10.0. The van der Waals surface area contributed by atoms with Crippen LogP contribution in [0.15, 0.2) is 0 Å². The first-order valence-electron chi connectivity index (χ1n) is 6.19. The van der Waals surface area contributed by atoms with Crippen LogP contribution in [0.25, 0.3) is 0 Å². The normalized spacial score (nSPS) is 24.7. The zero-order valence-corrected chi connectivity index (χ0v) is 11.6. The molecule has 1 N–H and O–H groups in total. The zero-order chi connectivity index (χ0) is 12.6. The van der Waals surface area contributed by atoms with E-state index < -0.39 is 0 Å². The van der Waals surface area contributed by atoms with Crippen LogP contribution in [0.3, 0.4) is 0 Å². The Kier molecular flexibility index (Phi) is 3.68. The fourth-order valence-corrected chi connectivity index (χ4v) is 2.14. The van der Waals surface area contributed by atoms with Gasteiger partial charge < -0.3 is 10.2 Å². The number of rotatable bonds is 2. The summed E-state index contributed by atoms with van der Waals surface area (Å²) in [5.41, 5.74) is -0.171. The molecule has 0 radical (unpaired) electrons. The first-order valence-corrected chi connectivity index (χ1v) is 6.19. The molecule has 16 heavy (non-hydrogen) atoms. The Bertz CT molecular complexity index is 269. The van der Waals surface area contributed by atoms with E-state index in [2.05, 4.69) is 46.9 Å². The number of carbonyl (C=O) groups excluding carboxylic acids is 1. The van der Waals surface area contributed by atoms with Gasteiger partial charge in [0.25, 0.3) is 0 Å². The number of amides is 1. The topological polar surface area (TPSA) is 32.3 Å². The first-order chi connectivity index (χ1) is 7.14. The van der Waals surface area contributed by atoms with Crippen molar-refractivity contribution in [1.29, 1.82) is 0 Å². The summed E-state index contributed by atoms with van der Waals surface area (Å²) in [6.45, 7) is 14.5. The summed E-state index contributed by atoms with van der Waals surface area (Å²) in [5, 5.41) is 3.48. The molecule has 0 aromatic carbocycles. The third-order valence-corrected chi connectivity index (χ3v) is 3.17. The molecule has 1 fully saturated rings. The number of carbonyl (C=O) groups is 1. The molecule has 0 saturated carbocycles. The van der Waals surface area contributed by atoms with Gasteiger partial charge in [-0.05, 0) is 33.6 Å². The van der Waals surface area contributed by atoms with Gasteiger partial charge in [0, 0.05) is 30.6 Å². The first kappa shape index (κ1) is 13.5. The monoisotopic (exact) mass is 226 g/mol. The van der Waals surface area contributed by atoms with Gasteiger partial charge in [0.2, 0.25) is 5.91 Å². The number of nitrogens with zero attached hydrogens (tertiary/aromatic N) is 1. The standard InChI is InChI=1S/C13H26N2O/c1-10(2)8-15-11(16)7-12(3,4)14-9-13(15,5)6/h10,14H,7-9H2,1-6H3. The van der Waals surface area contributed by atoms with Crippen LogP contribution in [-0.4, -0.2) is 35.0 Å². The Morgan fingerprint density at radius 1 is 1.31 bits per heavy atom. The summed E-state index contributed by atoms with van der Waals surface area (Å²) in [6.07, 6.45) is 0.586. The molecule has 0 bridgehead atoms. The molecule has 0 aromatic rings. The van der Waals surface area contributed by atoms with Gasteiger partial charge in [0.1, 0.15) is 0 Å². The Hall–Kier alpha value is -0.570. The highest BCUT2D eigenvalue weighted by atomic mass is 16.2. The SMILES string of the molecule is CC(C)CN1C(=O)CC(C)(C)NCC1(C)C. The minimum Gasteiger partial charge on any atom is -0.336 e. The molecule has 0 aromatic heterocycles. The fourth-order valence-electron chi connectivity index (χ4n) is 2.14. The van der Waals surface area contributed by atoms with Crippen LogP contribution in [-0.2, 0) is 4.79 Å². The second-order valence-corrected chi connectivity index (χ2v) is 6.62. The average molecular weight is 226 g/mol. The lowest BCUT2D eigenvalue weighted by Gasteiger charge is -2.38. The number of hydrogen-bond acceptors (Lipinski definition) is 2. The summed E-state index contributed by atoms with van der Waals surface area (Å²) in [6, 6.07) is 0. The lowest BCUT2D eigenvalue weighted by molar-refractivity contribution is -0.136. The van der Waals surface area contributed by atoms with Crippen molar-refractivity contribution < 1.29 is 4.79 Å². The van der Waals surface area contributed by atoms with E-state index >= 15 is 0 Å². The van der Waals surface area contributed by atoms with Crippen molar-refractivity contribution in [3.8, 4) is 0 Å². The van der Waals surface area contributed by atoms with E-state index in [1.807, 2.05) is 4.90 Å². The molecule has 0 atom stereocenters. The Labute approximate surface area is 99.6 Å². The lowest BCUT2D eigenvalue weighted by Crippen LogP contribution is -2.52. The maximum atomic E-state index is 12.3. The largest absolute Gasteiger partial charge is 0.336 e. The molecule has 1 amide bonds. The second-order valence-electron chi connectivity index (χ2n) is 6.62. The van der Waals surface area contributed by atoms with Gasteiger partial charge in [-0.3, -0.25) is 4.79 Å². The van der Waals surface area contributed by atoms with Crippen molar-refractivity contribution in [3.63, 3.8) is 0 Å². The van der Waals surface area contributed by atoms with Crippen LogP contribution >= 0.6 is 0 Å². The van der Waals surface area contributed by atoms with Crippen LogP contribution in [0.4, 0.5) is 0 Å². The zero-order valence-electron chi connectivity index (χ0n) is 11.6. The minimum atomic E-state index is -0.0882. The highest BCUT2D eigenvalue weighted by Crippen LogP contribution is 2.24. The van der Waals surface area contributed by atoms with Crippen molar-refractivity contribution in [1.82, 2.24) is 10.2 Å². The quantitative estimate of drug-likeness (QED) is 0.781. The van der Waals surface area contributed by atoms with E-state index in [-0.39, 0.29) is 17.0 Å². The molecule has 3 heteroatoms. The molecule has 0 unspecified atom stereocenters. The molecular weight excluding hydrogens is 200 g/mol. The number of hydrogen-bond donors (Lipinski definition) is 1. The molecular formula is C13H26N2O. The van der Waals surface area contributed by atoms with Crippen LogP contribution in [0, 0.1) is 5.92 Å². The van der Waals surface area contributed by atoms with E-state index in [0.29, 0.717) is 12.3 Å². The van der Waals surface area contributed by atoms with E-state index in [0.717, 1.165) is 13.1 Å². The number of nitrogens with one attached hydrogen (secondary N) is 1. The molecule has 3 nitrogen and oxygen atoms in total. The Balaban J connectivity index is 2.90. The molecule has 1 heterocycles. The van der Waals surface area contributed by atoms with E-state index in [1.165, 1.54) is 0 Å². The second kappa shape index (κ2) is 4.36. The van der Waals surface area contributed by atoms with E-state index in [1.54, 1.807) is 0 Å². The van der Waals surface area contributed by atoms with Gasteiger partial charge in [0.05, 0.1) is 0 Å². The molecule has 94 valence electrons. The summed E-state index contributed by atoms with van der Waals surface area (Å²) >= 11 is 0. The van der Waals surface area contributed by atoms with Gasteiger partial charge in [-0.1, -0.05) is 13.8 Å². The maximum absolute atomic E-state index is 12.3. The van der Waals surface area contributed by atoms with Gasteiger partial charge in [0.15, 0.2) is 0 Å². The Morgan fingerprint density at radius 2 is 1.88 bits per heavy atom. The predicted octanol–water partition coefficient (Wildman–Crippen LogP) is 2.02. The third kappa shape index (κ3) is 3.21. The average Bonchev–Trinajstić information content (AvgIpc) is 2.15. The summed E-state index contributed by atoms with van der Waals surface area (Å²) in [5.74, 6) is 0.790. The third-order valence-electron chi connectivity index (χ3n) is 3.17. The van der Waals surface area contributed by atoms with Gasteiger partial charge in [-0.2, -0.15) is 0 Å². The van der Waals surface area contributed by atoms with Gasteiger partial charge >= 0.3 is 0 Å². The fraction of sp³-hybridized carbons (Fsp3) is 0.923. The summed E-state index contributed by atoms with van der Waals surface area (Å²) in [7, 11) is 0. The molecule has 0 spiro atoms. The highest BCUT2D eigenvalue weighted by Gasteiger charge is 2.38.